The van der Waals surface area contributed by atoms with Crippen LogP contribution in [-0.4, -0.2) is 25.2 Å². The lowest BCUT2D eigenvalue weighted by atomic mass is 10.0. The molecule has 2 aromatic carbocycles. The fourth-order valence-corrected chi connectivity index (χ4v) is 3.06. The van der Waals surface area contributed by atoms with E-state index in [0.29, 0.717) is 6.42 Å². The molecule has 0 bridgehead atoms. The lowest BCUT2D eigenvalue weighted by molar-refractivity contribution is 0.180. The molecule has 0 saturated heterocycles. The molecule has 0 saturated carbocycles. The lowest BCUT2D eigenvalue weighted by Gasteiger charge is -2.27. The smallest absolute Gasteiger partial charge is 0.0851 e. The van der Waals surface area contributed by atoms with Crippen LogP contribution in [0.4, 0.5) is 11.4 Å². The molecule has 3 rings (SSSR count). The van der Waals surface area contributed by atoms with E-state index in [2.05, 4.69) is 34.5 Å². The predicted octanol–water partition coefficient (Wildman–Crippen LogP) is 3.02. The number of nitrogens with one attached hydrogen (secondary N) is 1. The Morgan fingerprint density at radius 1 is 1.10 bits per heavy atom. The third kappa shape index (κ3) is 2.80. The fraction of sp³-hybridized carbons (Fsp3) is 0.333. The van der Waals surface area contributed by atoms with Gasteiger partial charge in [-0.3, -0.25) is 0 Å². The molecule has 21 heavy (non-hydrogen) atoms. The van der Waals surface area contributed by atoms with Gasteiger partial charge in [-0.25, -0.2) is 0 Å². The van der Waals surface area contributed by atoms with Gasteiger partial charge in [-0.1, -0.05) is 36.4 Å². The van der Waals surface area contributed by atoms with Crippen LogP contribution >= 0.6 is 0 Å². The molecule has 110 valence electrons. The minimum absolute atomic E-state index is 0.434. The maximum Gasteiger partial charge on any atom is 0.0851 e. The highest BCUT2D eigenvalue weighted by molar-refractivity contribution is 5.71. The average Bonchev–Trinajstić information content (AvgIpc) is 2.63. The van der Waals surface area contributed by atoms with Gasteiger partial charge in [-0.15, -0.1) is 0 Å². The van der Waals surface area contributed by atoms with Crippen molar-refractivity contribution in [2.75, 3.05) is 25.0 Å². The summed E-state index contributed by atoms with van der Waals surface area (Å²) in [6.45, 7) is 1.94. The Morgan fingerprint density at radius 3 is 2.62 bits per heavy atom. The van der Waals surface area contributed by atoms with Gasteiger partial charge in [0.15, 0.2) is 0 Å². The number of aliphatic hydroxyl groups is 1. The minimum Gasteiger partial charge on any atom is -0.388 e. The van der Waals surface area contributed by atoms with Crippen molar-refractivity contribution < 1.29 is 5.11 Å². The summed E-state index contributed by atoms with van der Waals surface area (Å²) in [4.78, 5) is 2.35. The highest BCUT2D eigenvalue weighted by atomic mass is 16.3. The first kappa shape index (κ1) is 14.1. The van der Waals surface area contributed by atoms with Crippen molar-refractivity contribution in [2.45, 2.75) is 18.9 Å². The molecule has 0 aliphatic carbocycles. The van der Waals surface area contributed by atoms with Crippen molar-refractivity contribution in [1.29, 1.82) is 0 Å². The Morgan fingerprint density at radius 2 is 1.81 bits per heavy atom. The van der Waals surface area contributed by atoms with Gasteiger partial charge in [0.25, 0.3) is 0 Å². The van der Waals surface area contributed by atoms with Crippen LogP contribution in [0.15, 0.2) is 48.5 Å². The van der Waals surface area contributed by atoms with E-state index in [0.717, 1.165) is 30.8 Å². The topological polar surface area (TPSA) is 35.5 Å². The van der Waals surface area contributed by atoms with E-state index in [1.807, 2.05) is 31.3 Å². The summed E-state index contributed by atoms with van der Waals surface area (Å²) >= 11 is 0. The van der Waals surface area contributed by atoms with Gasteiger partial charge in [0.1, 0.15) is 0 Å². The third-order valence-corrected chi connectivity index (χ3v) is 4.09. The molecule has 1 aliphatic rings. The summed E-state index contributed by atoms with van der Waals surface area (Å²) in [6, 6.07) is 16.6. The number of para-hydroxylation sites is 2. The summed E-state index contributed by atoms with van der Waals surface area (Å²) in [5, 5.41) is 13.7. The van der Waals surface area contributed by atoms with E-state index in [9.17, 15) is 5.11 Å². The first-order valence-electron chi connectivity index (χ1n) is 7.58. The maximum absolute atomic E-state index is 10.5. The summed E-state index contributed by atoms with van der Waals surface area (Å²) < 4.78 is 0. The molecule has 1 unspecified atom stereocenters. The van der Waals surface area contributed by atoms with E-state index < -0.39 is 6.10 Å². The molecule has 0 radical (unpaired) electrons. The zero-order chi connectivity index (χ0) is 14.7. The Kier molecular flexibility index (Phi) is 4.23. The van der Waals surface area contributed by atoms with E-state index >= 15 is 0 Å². The van der Waals surface area contributed by atoms with Crippen LogP contribution in [-0.2, 0) is 6.42 Å². The molecule has 1 heterocycles. The second kappa shape index (κ2) is 6.29. The lowest BCUT2D eigenvalue weighted by Crippen LogP contribution is -2.23. The zero-order valence-electron chi connectivity index (χ0n) is 12.4. The zero-order valence-corrected chi connectivity index (χ0v) is 12.4. The summed E-state index contributed by atoms with van der Waals surface area (Å²) in [5.41, 5.74) is 4.59. The van der Waals surface area contributed by atoms with Crippen molar-refractivity contribution in [3.05, 3.63) is 59.7 Å². The Balaban J connectivity index is 2.05. The van der Waals surface area contributed by atoms with Crippen molar-refractivity contribution in [3.63, 3.8) is 0 Å². The molecule has 1 atom stereocenters. The number of benzene rings is 2. The average molecular weight is 282 g/mol. The van der Waals surface area contributed by atoms with Crippen molar-refractivity contribution in [3.8, 4) is 0 Å². The SMILES string of the molecule is CNCCCN1c2ccccc2CC(O)c2ccccc21. The van der Waals surface area contributed by atoms with E-state index in [-0.39, 0.29) is 0 Å². The molecule has 2 N–H and O–H groups in total. The number of nitrogens with zero attached hydrogens (tertiary/aromatic N) is 1. The van der Waals surface area contributed by atoms with Gasteiger partial charge in [0.2, 0.25) is 0 Å². The highest BCUT2D eigenvalue weighted by Gasteiger charge is 2.24. The molecule has 0 aromatic heterocycles. The summed E-state index contributed by atoms with van der Waals surface area (Å²) in [7, 11) is 1.98. The number of aliphatic hydroxyl groups excluding tert-OH is 1. The second-order valence-electron chi connectivity index (χ2n) is 5.52. The normalized spacial score (nSPS) is 17.0. The van der Waals surface area contributed by atoms with Gasteiger partial charge in [0, 0.05) is 29.9 Å². The van der Waals surface area contributed by atoms with Gasteiger partial charge in [0.05, 0.1) is 6.10 Å². The van der Waals surface area contributed by atoms with Crippen LogP contribution in [0, 0.1) is 0 Å². The number of rotatable bonds is 4. The van der Waals surface area contributed by atoms with Crippen LogP contribution in [0.2, 0.25) is 0 Å². The van der Waals surface area contributed by atoms with E-state index in [1.165, 1.54) is 11.3 Å². The predicted molar refractivity (Wildman–Crippen MR) is 87.1 cm³/mol. The quantitative estimate of drug-likeness (QED) is 0.846. The highest BCUT2D eigenvalue weighted by Crippen LogP contribution is 2.39. The Hall–Kier alpha value is -1.84. The first-order chi connectivity index (χ1) is 10.3. The fourth-order valence-electron chi connectivity index (χ4n) is 3.06. The van der Waals surface area contributed by atoms with Crippen LogP contribution in [0.5, 0.6) is 0 Å². The van der Waals surface area contributed by atoms with Crippen molar-refractivity contribution >= 4 is 11.4 Å². The van der Waals surface area contributed by atoms with Crippen LogP contribution in [0.25, 0.3) is 0 Å². The standard InChI is InChI=1S/C18H22N2O/c1-19-11-6-12-20-16-9-4-2-7-14(16)13-18(21)15-8-3-5-10-17(15)20/h2-5,7-10,18-19,21H,6,11-13H2,1H3. The first-order valence-corrected chi connectivity index (χ1v) is 7.58. The maximum atomic E-state index is 10.5. The van der Waals surface area contributed by atoms with Crippen LogP contribution < -0.4 is 10.2 Å². The Labute approximate surface area is 126 Å². The van der Waals surface area contributed by atoms with Crippen molar-refractivity contribution in [2.24, 2.45) is 0 Å². The second-order valence-corrected chi connectivity index (χ2v) is 5.52. The number of hydrogen-bond donors (Lipinski definition) is 2. The number of anilines is 2. The molecular weight excluding hydrogens is 260 g/mol. The van der Waals surface area contributed by atoms with Gasteiger partial charge in [-0.05, 0) is 37.7 Å². The minimum atomic E-state index is -0.434. The summed E-state index contributed by atoms with van der Waals surface area (Å²) in [6.07, 6.45) is 1.31. The molecule has 3 heteroatoms. The number of hydrogen-bond acceptors (Lipinski definition) is 3. The molecule has 2 aromatic rings. The van der Waals surface area contributed by atoms with E-state index in [4.69, 9.17) is 0 Å². The largest absolute Gasteiger partial charge is 0.388 e. The molecule has 0 fully saturated rings. The molecule has 1 aliphatic heterocycles. The Bertz CT molecular complexity index is 612. The van der Waals surface area contributed by atoms with Crippen LogP contribution in [0.1, 0.15) is 23.7 Å². The van der Waals surface area contributed by atoms with Gasteiger partial charge in [-0.2, -0.15) is 0 Å². The van der Waals surface area contributed by atoms with E-state index in [1.54, 1.807) is 0 Å². The molecule has 0 spiro atoms. The molecular formula is C18H22N2O. The summed E-state index contributed by atoms with van der Waals surface area (Å²) in [5.74, 6) is 0. The van der Waals surface area contributed by atoms with Crippen molar-refractivity contribution in [1.82, 2.24) is 5.32 Å². The van der Waals surface area contributed by atoms with Gasteiger partial charge >= 0.3 is 0 Å². The molecule has 0 amide bonds. The monoisotopic (exact) mass is 282 g/mol. The third-order valence-electron chi connectivity index (χ3n) is 4.09. The number of fused-ring (bicyclic) bond motifs is 2. The van der Waals surface area contributed by atoms with Crippen LogP contribution in [0.3, 0.4) is 0 Å². The van der Waals surface area contributed by atoms with Gasteiger partial charge < -0.3 is 15.3 Å². The molecule has 3 nitrogen and oxygen atoms in total.